The van der Waals surface area contributed by atoms with Gasteiger partial charge in [-0.05, 0) is 37.6 Å². The van der Waals surface area contributed by atoms with Crippen LogP contribution in [0.2, 0.25) is 0 Å². The Labute approximate surface area is 208 Å². The van der Waals surface area contributed by atoms with Gasteiger partial charge in [0.05, 0.1) is 5.52 Å². The van der Waals surface area contributed by atoms with Gasteiger partial charge in [0.2, 0.25) is 5.95 Å². The van der Waals surface area contributed by atoms with E-state index >= 15 is 0 Å². The number of imidazole rings is 1. The molecule has 1 saturated heterocycles. The number of hydrogen-bond acceptors (Lipinski definition) is 7. The average molecular weight is 486 g/mol. The molecule has 5 aromatic rings. The van der Waals surface area contributed by atoms with E-state index in [9.17, 15) is 4.39 Å². The van der Waals surface area contributed by atoms with E-state index in [-0.39, 0.29) is 5.82 Å². The van der Waals surface area contributed by atoms with Gasteiger partial charge < -0.3 is 15.5 Å². The molecule has 0 saturated carbocycles. The van der Waals surface area contributed by atoms with Crippen LogP contribution < -0.4 is 15.5 Å². The van der Waals surface area contributed by atoms with Crippen LogP contribution in [0.25, 0.3) is 27.8 Å². The van der Waals surface area contributed by atoms with Gasteiger partial charge in [-0.1, -0.05) is 6.07 Å². The molecule has 0 spiro atoms. The van der Waals surface area contributed by atoms with Crippen molar-refractivity contribution in [1.82, 2.24) is 34.6 Å². The number of aromatic nitrogens is 6. The van der Waals surface area contributed by atoms with Crippen LogP contribution in [0.15, 0.2) is 55.4 Å². The third-order valence-electron chi connectivity index (χ3n) is 6.59. The second-order valence-corrected chi connectivity index (χ2v) is 9.57. The van der Waals surface area contributed by atoms with Crippen molar-refractivity contribution < 1.29 is 4.39 Å². The van der Waals surface area contributed by atoms with Gasteiger partial charge in [-0.15, -0.1) is 0 Å². The fourth-order valence-electron chi connectivity index (χ4n) is 5.11. The minimum atomic E-state index is -0.345. The van der Waals surface area contributed by atoms with Gasteiger partial charge in [-0.3, -0.25) is 9.25 Å². The van der Waals surface area contributed by atoms with Crippen molar-refractivity contribution in [2.75, 3.05) is 23.3 Å². The van der Waals surface area contributed by atoms with E-state index in [0.717, 1.165) is 40.6 Å². The molecule has 4 heterocycles. The van der Waals surface area contributed by atoms with Gasteiger partial charge in [-0.2, -0.15) is 5.10 Å². The SMILES string of the molecule is CC1CN(c2ccc(CNc3cc(F)c4nn(C)cc4c3)c3nc(-n4ccnc4)ncc23)CC(C)N1. The summed E-state index contributed by atoms with van der Waals surface area (Å²) >= 11 is 0. The summed E-state index contributed by atoms with van der Waals surface area (Å²) in [6.07, 6.45) is 8.94. The molecule has 184 valence electrons. The van der Waals surface area contributed by atoms with Crippen LogP contribution >= 0.6 is 0 Å². The molecule has 2 unspecified atom stereocenters. The van der Waals surface area contributed by atoms with Gasteiger partial charge >= 0.3 is 0 Å². The molecular weight excluding hydrogens is 457 g/mol. The molecule has 6 rings (SSSR count). The van der Waals surface area contributed by atoms with E-state index < -0.39 is 0 Å². The molecule has 2 N–H and O–H groups in total. The Kier molecular flexibility index (Phi) is 5.52. The number of benzene rings is 2. The molecule has 10 heteroatoms. The van der Waals surface area contributed by atoms with Crippen LogP contribution in [0, 0.1) is 5.82 Å². The molecule has 0 radical (unpaired) electrons. The van der Waals surface area contributed by atoms with Crippen LogP contribution in [0.4, 0.5) is 15.8 Å². The Morgan fingerprint density at radius 1 is 1.14 bits per heavy atom. The van der Waals surface area contributed by atoms with E-state index in [1.807, 2.05) is 24.7 Å². The molecule has 0 amide bonds. The quantitative estimate of drug-likeness (QED) is 0.393. The fraction of sp³-hybridized carbons (Fsp3) is 0.308. The molecular formula is C26H28FN9. The second kappa shape index (κ2) is 8.87. The Morgan fingerprint density at radius 2 is 1.97 bits per heavy atom. The maximum absolute atomic E-state index is 14.6. The highest BCUT2D eigenvalue weighted by molar-refractivity contribution is 5.94. The molecule has 36 heavy (non-hydrogen) atoms. The summed E-state index contributed by atoms with van der Waals surface area (Å²) < 4.78 is 18.0. The number of nitrogens with zero attached hydrogens (tertiary/aromatic N) is 7. The summed E-state index contributed by atoms with van der Waals surface area (Å²) in [5, 5.41) is 12.9. The van der Waals surface area contributed by atoms with E-state index in [0.29, 0.717) is 35.8 Å². The number of piperazine rings is 1. The number of fused-ring (bicyclic) bond motifs is 2. The largest absolute Gasteiger partial charge is 0.381 e. The van der Waals surface area contributed by atoms with E-state index in [2.05, 4.69) is 56.6 Å². The van der Waals surface area contributed by atoms with Crippen LogP contribution in [0.3, 0.4) is 0 Å². The van der Waals surface area contributed by atoms with Crippen LogP contribution in [-0.2, 0) is 13.6 Å². The number of aryl methyl sites for hydroxylation is 1. The van der Waals surface area contributed by atoms with E-state index in [1.165, 1.54) is 6.07 Å². The smallest absolute Gasteiger partial charge is 0.235 e. The molecule has 1 aliphatic rings. The average Bonchev–Trinajstić information content (AvgIpc) is 3.51. The third kappa shape index (κ3) is 4.13. The zero-order valence-electron chi connectivity index (χ0n) is 20.5. The molecule has 3 aromatic heterocycles. The molecule has 2 atom stereocenters. The molecule has 9 nitrogen and oxygen atoms in total. The Bertz CT molecular complexity index is 1530. The first-order valence-electron chi connectivity index (χ1n) is 12.1. The maximum atomic E-state index is 14.6. The van der Waals surface area contributed by atoms with Crippen molar-refractivity contribution in [1.29, 1.82) is 0 Å². The van der Waals surface area contributed by atoms with Gasteiger partial charge in [0.25, 0.3) is 0 Å². The zero-order chi connectivity index (χ0) is 24.8. The third-order valence-corrected chi connectivity index (χ3v) is 6.59. The second-order valence-electron chi connectivity index (χ2n) is 9.57. The van der Waals surface area contributed by atoms with E-state index in [4.69, 9.17) is 4.98 Å². The molecule has 0 bridgehead atoms. The lowest BCUT2D eigenvalue weighted by Crippen LogP contribution is -2.54. The first-order chi connectivity index (χ1) is 17.4. The molecule has 2 aromatic carbocycles. The summed E-state index contributed by atoms with van der Waals surface area (Å²) in [6.45, 7) is 6.70. The zero-order valence-corrected chi connectivity index (χ0v) is 20.5. The lowest BCUT2D eigenvalue weighted by atomic mass is 10.1. The number of anilines is 2. The van der Waals surface area contributed by atoms with Crippen molar-refractivity contribution in [3.8, 4) is 5.95 Å². The van der Waals surface area contributed by atoms with Crippen LogP contribution in [-0.4, -0.2) is 54.5 Å². The highest BCUT2D eigenvalue weighted by Gasteiger charge is 2.23. The van der Waals surface area contributed by atoms with E-state index in [1.54, 1.807) is 28.8 Å². The molecule has 1 aliphatic heterocycles. The Balaban J connectivity index is 1.39. The highest BCUT2D eigenvalue weighted by Crippen LogP contribution is 2.31. The van der Waals surface area contributed by atoms with Crippen molar-refractivity contribution in [2.45, 2.75) is 32.5 Å². The predicted octanol–water partition coefficient (Wildman–Crippen LogP) is 3.64. The molecule has 1 fully saturated rings. The lowest BCUT2D eigenvalue weighted by Gasteiger charge is -2.38. The number of nitrogens with one attached hydrogen (secondary N) is 2. The van der Waals surface area contributed by atoms with Gasteiger partial charge in [0.15, 0.2) is 5.82 Å². The van der Waals surface area contributed by atoms with Crippen molar-refractivity contribution in [3.05, 3.63) is 66.8 Å². The van der Waals surface area contributed by atoms with Crippen molar-refractivity contribution >= 4 is 33.2 Å². The lowest BCUT2D eigenvalue weighted by molar-refractivity contribution is 0.407. The first kappa shape index (κ1) is 22.4. The highest BCUT2D eigenvalue weighted by atomic mass is 19.1. The normalized spacial score (nSPS) is 18.3. The topological polar surface area (TPSA) is 88.7 Å². The maximum Gasteiger partial charge on any atom is 0.235 e. The van der Waals surface area contributed by atoms with Crippen LogP contribution in [0.5, 0.6) is 0 Å². The summed E-state index contributed by atoms with van der Waals surface area (Å²) in [5.41, 5.74) is 4.05. The van der Waals surface area contributed by atoms with Crippen molar-refractivity contribution in [2.24, 2.45) is 7.05 Å². The summed E-state index contributed by atoms with van der Waals surface area (Å²) in [6, 6.07) is 8.42. The first-order valence-corrected chi connectivity index (χ1v) is 12.1. The summed E-state index contributed by atoms with van der Waals surface area (Å²) in [5.74, 6) is 0.214. The summed E-state index contributed by atoms with van der Waals surface area (Å²) in [7, 11) is 1.79. The van der Waals surface area contributed by atoms with Gasteiger partial charge in [0, 0.05) is 85.7 Å². The Hall–Kier alpha value is -4.05. The van der Waals surface area contributed by atoms with Gasteiger partial charge in [0.1, 0.15) is 11.8 Å². The molecule has 0 aliphatic carbocycles. The number of hydrogen-bond donors (Lipinski definition) is 2. The predicted molar refractivity (Wildman–Crippen MR) is 139 cm³/mol. The fourth-order valence-corrected chi connectivity index (χ4v) is 5.11. The van der Waals surface area contributed by atoms with Crippen LogP contribution in [0.1, 0.15) is 19.4 Å². The standard InChI is InChI=1S/C26H28FN9/c1-16-12-36(13-17(2)31-16)23-5-4-18(24-21(23)11-30-26(32-24)35-7-6-28-15-35)10-29-20-8-19-14-34(3)33-25(19)22(27)9-20/h4-9,11,14-17,29,31H,10,12-13H2,1-3H3. The number of halogens is 1. The Morgan fingerprint density at radius 3 is 2.75 bits per heavy atom. The minimum Gasteiger partial charge on any atom is -0.381 e. The number of rotatable bonds is 5. The summed E-state index contributed by atoms with van der Waals surface area (Å²) in [4.78, 5) is 16.1. The minimum absolute atomic E-state index is 0.345. The van der Waals surface area contributed by atoms with Crippen molar-refractivity contribution in [3.63, 3.8) is 0 Å². The van der Waals surface area contributed by atoms with Gasteiger partial charge in [-0.25, -0.2) is 19.3 Å². The monoisotopic (exact) mass is 485 g/mol.